The number of alkyl halides is 1. The lowest BCUT2D eigenvalue weighted by Crippen LogP contribution is -2.43. The van der Waals surface area contributed by atoms with Crippen LogP contribution in [0.5, 0.6) is 0 Å². The summed E-state index contributed by atoms with van der Waals surface area (Å²) in [6.45, 7) is 7.23. The van der Waals surface area contributed by atoms with E-state index in [4.69, 9.17) is 0 Å². The highest BCUT2D eigenvalue weighted by Crippen LogP contribution is 2.27. The SMILES string of the molecule is CC[C@H]1CCN(C(C)C)C(F)C1. The number of hydrogen-bond acceptors (Lipinski definition) is 1. The molecule has 12 heavy (non-hydrogen) atoms. The van der Waals surface area contributed by atoms with Crippen LogP contribution in [0.2, 0.25) is 0 Å². The van der Waals surface area contributed by atoms with E-state index in [-0.39, 0.29) is 0 Å². The van der Waals surface area contributed by atoms with Gasteiger partial charge in [0.1, 0.15) is 0 Å². The predicted octanol–water partition coefficient (Wildman–Crippen LogP) is 2.81. The molecule has 0 aliphatic carbocycles. The van der Waals surface area contributed by atoms with Gasteiger partial charge in [0.25, 0.3) is 0 Å². The molecule has 0 radical (unpaired) electrons. The van der Waals surface area contributed by atoms with Crippen LogP contribution in [-0.2, 0) is 0 Å². The second kappa shape index (κ2) is 4.22. The summed E-state index contributed by atoms with van der Waals surface area (Å²) >= 11 is 0. The molecule has 2 atom stereocenters. The van der Waals surface area contributed by atoms with E-state index in [0.29, 0.717) is 12.0 Å². The van der Waals surface area contributed by atoms with Gasteiger partial charge in [0, 0.05) is 12.6 Å². The van der Waals surface area contributed by atoms with Crippen LogP contribution in [0.1, 0.15) is 40.0 Å². The first kappa shape index (κ1) is 9.97. The van der Waals surface area contributed by atoms with Gasteiger partial charge in [-0.2, -0.15) is 0 Å². The molecule has 0 N–H and O–H groups in total. The first-order valence-electron chi connectivity index (χ1n) is 5.05. The molecule has 1 fully saturated rings. The van der Waals surface area contributed by atoms with Gasteiger partial charge in [0.05, 0.1) is 0 Å². The fourth-order valence-corrected chi connectivity index (χ4v) is 1.95. The topological polar surface area (TPSA) is 3.24 Å². The van der Waals surface area contributed by atoms with Gasteiger partial charge in [0.2, 0.25) is 0 Å². The van der Waals surface area contributed by atoms with Gasteiger partial charge >= 0.3 is 0 Å². The van der Waals surface area contributed by atoms with E-state index in [1.165, 1.54) is 6.42 Å². The maximum Gasteiger partial charge on any atom is 0.154 e. The maximum atomic E-state index is 13.5. The van der Waals surface area contributed by atoms with Crippen LogP contribution in [0.15, 0.2) is 0 Å². The zero-order chi connectivity index (χ0) is 9.14. The Kier molecular flexibility index (Phi) is 3.51. The Morgan fingerprint density at radius 1 is 1.50 bits per heavy atom. The summed E-state index contributed by atoms with van der Waals surface area (Å²) in [7, 11) is 0. The molecule has 0 aromatic carbocycles. The minimum absolute atomic E-state index is 0.359. The molecule has 1 aliphatic rings. The molecule has 1 nitrogen and oxygen atoms in total. The van der Waals surface area contributed by atoms with Crippen molar-refractivity contribution in [1.82, 2.24) is 4.90 Å². The molecule has 0 bridgehead atoms. The number of rotatable bonds is 2. The number of halogens is 1. The van der Waals surface area contributed by atoms with Gasteiger partial charge in [-0.05, 0) is 32.6 Å². The Labute approximate surface area is 74.9 Å². The number of hydrogen-bond donors (Lipinski definition) is 0. The minimum atomic E-state index is -0.691. The van der Waals surface area contributed by atoms with Gasteiger partial charge < -0.3 is 0 Å². The summed E-state index contributed by atoms with van der Waals surface area (Å²) in [5, 5.41) is 0. The van der Waals surface area contributed by atoms with Crippen LogP contribution in [0, 0.1) is 5.92 Å². The highest BCUT2D eigenvalue weighted by molar-refractivity contribution is 4.76. The van der Waals surface area contributed by atoms with Crippen LogP contribution in [0.4, 0.5) is 4.39 Å². The first-order chi connectivity index (χ1) is 5.65. The molecule has 72 valence electrons. The van der Waals surface area contributed by atoms with Crippen molar-refractivity contribution in [3.8, 4) is 0 Å². The monoisotopic (exact) mass is 173 g/mol. The van der Waals surface area contributed by atoms with Crippen LogP contribution in [0.25, 0.3) is 0 Å². The molecular formula is C10H20FN. The van der Waals surface area contributed by atoms with E-state index in [9.17, 15) is 4.39 Å². The van der Waals surface area contributed by atoms with Crippen molar-refractivity contribution >= 4 is 0 Å². The Balaban J connectivity index is 2.42. The minimum Gasteiger partial charge on any atom is -0.272 e. The molecule has 0 aromatic heterocycles. The Bertz CT molecular complexity index is 136. The second-order valence-electron chi connectivity index (χ2n) is 4.06. The molecule has 2 heteroatoms. The van der Waals surface area contributed by atoms with Crippen molar-refractivity contribution in [3.05, 3.63) is 0 Å². The fraction of sp³-hybridized carbons (Fsp3) is 1.00. The first-order valence-corrected chi connectivity index (χ1v) is 5.05. The quantitative estimate of drug-likeness (QED) is 0.580. The zero-order valence-corrected chi connectivity index (χ0v) is 8.39. The maximum absolute atomic E-state index is 13.5. The summed E-state index contributed by atoms with van der Waals surface area (Å²) in [6.07, 6.45) is 2.36. The normalized spacial score (nSPS) is 32.8. The summed E-state index contributed by atoms with van der Waals surface area (Å²) in [6, 6.07) is 0.359. The molecular weight excluding hydrogens is 153 g/mol. The van der Waals surface area contributed by atoms with Gasteiger partial charge in [-0.15, -0.1) is 0 Å². The molecule has 0 spiro atoms. The van der Waals surface area contributed by atoms with Crippen molar-refractivity contribution in [1.29, 1.82) is 0 Å². The van der Waals surface area contributed by atoms with E-state index < -0.39 is 6.30 Å². The smallest absolute Gasteiger partial charge is 0.154 e. The van der Waals surface area contributed by atoms with Crippen molar-refractivity contribution in [3.63, 3.8) is 0 Å². The average Bonchev–Trinajstić information content (AvgIpc) is 2.03. The number of likely N-dealkylation sites (tertiary alicyclic amines) is 1. The van der Waals surface area contributed by atoms with E-state index in [2.05, 4.69) is 20.8 Å². The van der Waals surface area contributed by atoms with Gasteiger partial charge in [-0.25, -0.2) is 4.39 Å². The molecule has 0 amide bonds. The average molecular weight is 173 g/mol. The predicted molar refractivity (Wildman–Crippen MR) is 49.8 cm³/mol. The van der Waals surface area contributed by atoms with E-state index in [1.54, 1.807) is 0 Å². The van der Waals surface area contributed by atoms with Gasteiger partial charge in [-0.3, -0.25) is 4.90 Å². The van der Waals surface area contributed by atoms with E-state index in [1.807, 2.05) is 4.90 Å². The van der Waals surface area contributed by atoms with Crippen LogP contribution in [-0.4, -0.2) is 23.8 Å². The van der Waals surface area contributed by atoms with E-state index in [0.717, 1.165) is 19.4 Å². The summed E-state index contributed by atoms with van der Waals surface area (Å²) in [5.41, 5.74) is 0. The Morgan fingerprint density at radius 2 is 2.17 bits per heavy atom. The standard InChI is InChI=1S/C10H20FN/c1-4-9-5-6-12(8(2)3)10(11)7-9/h8-10H,4-7H2,1-3H3/t9-,10?/m0/s1. The van der Waals surface area contributed by atoms with E-state index >= 15 is 0 Å². The molecule has 1 rings (SSSR count). The number of nitrogens with zero attached hydrogens (tertiary/aromatic N) is 1. The third-order valence-corrected chi connectivity index (χ3v) is 2.92. The lowest BCUT2D eigenvalue weighted by molar-refractivity contribution is -0.00133. The van der Waals surface area contributed by atoms with Crippen LogP contribution in [0.3, 0.4) is 0 Å². The molecule has 1 unspecified atom stereocenters. The highest BCUT2D eigenvalue weighted by Gasteiger charge is 2.28. The summed E-state index contributed by atoms with van der Waals surface area (Å²) in [4.78, 5) is 1.96. The van der Waals surface area contributed by atoms with Crippen molar-refractivity contribution in [2.75, 3.05) is 6.54 Å². The zero-order valence-electron chi connectivity index (χ0n) is 8.39. The lowest BCUT2D eigenvalue weighted by atomic mass is 9.93. The largest absolute Gasteiger partial charge is 0.272 e. The molecule has 0 aromatic rings. The third kappa shape index (κ3) is 2.19. The van der Waals surface area contributed by atoms with Crippen molar-refractivity contribution in [2.45, 2.75) is 52.4 Å². The Hall–Kier alpha value is -0.110. The van der Waals surface area contributed by atoms with Gasteiger partial charge in [0.15, 0.2) is 6.30 Å². The summed E-state index contributed by atoms with van der Waals surface area (Å²) in [5.74, 6) is 0.620. The van der Waals surface area contributed by atoms with Crippen LogP contribution >= 0.6 is 0 Å². The molecule has 1 heterocycles. The highest BCUT2D eigenvalue weighted by atomic mass is 19.1. The molecule has 0 saturated carbocycles. The van der Waals surface area contributed by atoms with Crippen molar-refractivity contribution < 1.29 is 4.39 Å². The van der Waals surface area contributed by atoms with Crippen LogP contribution < -0.4 is 0 Å². The van der Waals surface area contributed by atoms with Gasteiger partial charge in [-0.1, -0.05) is 13.3 Å². The fourth-order valence-electron chi connectivity index (χ4n) is 1.95. The second-order valence-corrected chi connectivity index (χ2v) is 4.06. The summed E-state index contributed by atoms with van der Waals surface area (Å²) < 4.78 is 13.5. The molecule has 1 aliphatic heterocycles. The molecule has 1 saturated heterocycles. The third-order valence-electron chi connectivity index (χ3n) is 2.92. The lowest BCUT2D eigenvalue weighted by Gasteiger charge is -2.37. The number of piperidine rings is 1. The van der Waals surface area contributed by atoms with Crippen molar-refractivity contribution in [2.24, 2.45) is 5.92 Å². The Morgan fingerprint density at radius 3 is 2.58 bits per heavy atom.